The topological polar surface area (TPSA) is 109 Å². The molecule has 0 radical (unpaired) electrons. The van der Waals surface area contributed by atoms with Crippen molar-refractivity contribution in [2.24, 2.45) is 0 Å². The molecule has 1 aliphatic carbocycles. The molecule has 24 heavy (non-hydrogen) atoms. The SMILES string of the molecule is Cc1ccc(NCCCNc2cc(C3CC(O)C3)nc(N)n2)nc1. The Morgan fingerprint density at radius 3 is 2.58 bits per heavy atom. The van der Waals surface area contributed by atoms with Crippen LogP contribution in [0.5, 0.6) is 0 Å². The molecule has 0 saturated heterocycles. The maximum absolute atomic E-state index is 9.43. The van der Waals surface area contributed by atoms with E-state index >= 15 is 0 Å². The number of aryl methyl sites for hydroxylation is 1. The lowest BCUT2D eigenvalue weighted by atomic mass is 9.80. The fourth-order valence-corrected chi connectivity index (χ4v) is 2.71. The first-order chi connectivity index (χ1) is 11.6. The lowest BCUT2D eigenvalue weighted by Gasteiger charge is -2.30. The summed E-state index contributed by atoms with van der Waals surface area (Å²) in [4.78, 5) is 12.8. The Kier molecular flexibility index (Phi) is 5.10. The van der Waals surface area contributed by atoms with Crippen molar-refractivity contribution in [1.82, 2.24) is 15.0 Å². The Morgan fingerprint density at radius 1 is 1.17 bits per heavy atom. The summed E-state index contributed by atoms with van der Waals surface area (Å²) in [7, 11) is 0. The third kappa shape index (κ3) is 4.32. The molecule has 0 amide bonds. The fraction of sp³-hybridized carbons (Fsp3) is 0.471. The molecule has 1 aliphatic rings. The number of aliphatic hydroxyl groups excluding tert-OH is 1. The van der Waals surface area contributed by atoms with Crippen molar-refractivity contribution in [3.63, 3.8) is 0 Å². The third-order valence-electron chi connectivity index (χ3n) is 4.17. The first-order valence-electron chi connectivity index (χ1n) is 8.33. The van der Waals surface area contributed by atoms with Crippen molar-refractivity contribution in [2.75, 3.05) is 29.5 Å². The van der Waals surface area contributed by atoms with Crippen molar-refractivity contribution in [2.45, 2.75) is 38.2 Å². The molecular weight excluding hydrogens is 304 g/mol. The first-order valence-corrected chi connectivity index (χ1v) is 8.33. The van der Waals surface area contributed by atoms with Gasteiger partial charge in [0.2, 0.25) is 5.95 Å². The van der Waals surface area contributed by atoms with Crippen molar-refractivity contribution in [1.29, 1.82) is 0 Å². The van der Waals surface area contributed by atoms with Crippen LogP contribution in [-0.2, 0) is 0 Å². The molecule has 0 spiro atoms. The van der Waals surface area contributed by atoms with Gasteiger partial charge in [0.05, 0.1) is 11.8 Å². The quantitative estimate of drug-likeness (QED) is 0.575. The van der Waals surface area contributed by atoms with Gasteiger partial charge in [0, 0.05) is 31.3 Å². The predicted octanol–water partition coefficient (Wildman–Crippen LogP) is 1.91. The van der Waals surface area contributed by atoms with Gasteiger partial charge in [-0.1, -0.05) is 6.07 Å². The predicted molar refractivity (Wildman–Crippen MR) is 95.0 cm³/mol. The summed E-state index contributed by atoms with van der Waals surface area (Å²) in [5.74, 6) is 2.20. The highest BCUT2D eigenvalue weighted by atomic mass is 16.3. The highest BCUT2D eigenvalue weighted by Gasteiger charge is 2.30. The number of nitrogens with one attached hydrogen (secondary N) is 2. The molecule has 0 unspecified atom stereocenters. The number of hydrogen-bond donors (Lipinski definition) is 4. The zero-order chi connectivity index (χ0) is 16.9. The van der Waals surface area contributed by atoms with Gasteiger partial charge in [0.15, 0.2) is 0 Å². The van der Waals surface area contributed by atoms with Crippen LogP contribution in [0.15, 0.2) is 24.4 Å². The molecule has 2 heterocycles. The largest absolute Gasteiger partial charge is 0.393 e. The van der Waals surface area contributed by atoms with Gasteiger partial charge in [-0.25, -0.2) is 9.97 Å². The van der Waals surface area contributed by atoms with E-state index in [-0.39, 0.29) is 12.1 Å². The number of aromatic nitrogens is 3. The van der Waals surface area contributed by atoms with Crippen molar-refractivity contribution < 1.29 is 5.11 Å². The maximum atomic E-state index is 9.43. The van der Waals surface area contributed by atoms with E-state index in [1.807, 2.05) is 31.3 Å². The number of nitrogens with zero attached hydrogens (tertiary/aromatic N) is 3. The van der Waals surface area contributed by atoms with Crippen LogP contribution in [0, 0.1) is 6.92 Å². The van der Waals surface area contributed by atoms with Crippen LogP contribution < -0.4 is 16.4 Å². The maximum Gasteiger partial charge on any atom is 0.222 e. The van der Waals surface area contributed by atoms with Crippen molar-refractivity contribution in [3.8, 4) is 0 Å². The van der Waals surface area contributed by atoms with Gasteiger partial charge in [-0.15, -0.1) is 0 Å². The van der Waals surface area contributed by atoms with Gasteiger partial charge in [-0.3, -0.25) is 0 Å². The fourth-order valence-electron chi connectivity index (χ4n) is 2.71. The lowest BCUT2D eigenvalue weighted by Crippen LogP contribution is -2.27. The summed E-state index contributed by atoms with van der Waals surface area (Å²) in [6.45, 7) is 3.63. The molecule has 7 heteroatoms. The van der Waals surface area contributed by atoms with E-state index in [9.17, 15) is 5.11 Å². The highest BCUT2D eigenvalue weighted by Crippen LogP contribution is 2.36. The van der Waals surface area contributed by atoms with Gasteiger partial charge >= 0.3 is 0 Å². The molecule has 1 fully saturated rings. The van der Waals surface area contributed by atoms with Crippen LogP contribution in [-0.4, -0.2) is 39.3 Å². The Labute approximate surface area is 141 Å². The lowest BCUT2D eigenvalue weighted by molar-refractivity contribution is 0.0732. The van der Waals surface area contributed by atoms with Crippen molar-refractivity contribution in [3.05, 3.63) is 35.7 Å². The number of hydrogen-bond acceptors (Lipinski definition) is 7. The Morgan fingerprint density at radius 2 is 1.92 bits per heavy atom. The van der Waals surface area contributed by atoms with E-state index in [0.717, 1.165) is 55.2 Å². The number of rotatable bonds is 7. The molecule has 0 bridgehead atoms. The molecule has 5 N–H and O–H groups in total. The number of nitrogens with two attached hydrogens (primary N) is 1. The monoisotopic (exact) mass is 328 g/mol. The van der Waals surface area contributed by atoms with Crippen LogP contribution in [0.25, 0.3) is 0 Å². The van der Waals surface area contributed by atoms with Crippen LogP contribution >= 0.6 is 0 Å². The first kappa shape index (κ1) is 16.4. The van der Waals surface area contributed by atoms with E-state index in [1.54, 1.807) is 0 Å². The minimum Gasteiger partial charge on any atom is -0.393 e. The summed E-state index contributed by atoms with van der Waals surface area (Å²) in [5, 5.41) is 16.0. The van der Waals surface area contributed by atoms with Crippen LogP contribution in [0.2, 0.25) is 0 Å². The van der Waals surface area contributed by atoms with Gasteiger partial charge in [0.1, 0.15) is 11.6 Å². The zero-order valence-electron chi connectivity index (χ0n) is 13.9. The standard InChI is InChI=1S/C17H24N6O/c1-11-3-4-15(21-10-11)19-5-2-6-20-16-9-14(22-17(18)23-16)12-7-13(24)8-12/h3-4,9-10,12-13,24H,2,5-8H2,1H3,(H,19,21)(H3,18,20,22,23). The van der Waals surface area contributed by atoms with Gasteiger partial charge in [-0.05, 0) is 37.8 Å². The van der Waals surface area contributed by atoms with Crippen LogP contribution in [0.4, 0.5) is 17.6 Å². The van der Waals surface area contributed by atoms with Crippen LogP contribution in [0.1, 0.15) is 36.4 Å². The average molecular weight is 328 g/mol. The summed E-state index contributed by atoms with van der Waals surface area (Å²) in [5.41, 5.74) is 7.85. The molecular formula is C17H24N6O. The molecule has 0 aliphatic heterocycles. The van der Waals surface area contributed by atoms with E-state index in [2.05, 4.69) is 25.6 Å². The minimum atomic E-state index is -0.205. The molecule has 7 nitrogen and oxygen atoms in total. The van der Waals surface area contributed by atoms with Crippen molar-refractivity contribution >= 4 is 17.6 Å². The van der Waals surface area contributed by atoms with Gasteiger partial charge in [0.25, 0.3) is 0 Å². The van der Waals surface area contributed by atoms with E-state index < -0.39 is 0 Å². The van der Waals surface area contributed by atoms with E-state index in [0.29, 0.717) is 5.92 Å². The Balaban J connectivity index is 1.43. The van der Waals surface area contributed by atoms with E-state index in [4.69, 9.17) is 5.73 Å². The second-order valence-electron chi connectivity index (χ2n) is 6.29. The zero-order valence-corrected chi connectivity index (χ0v) is 13.9. The summed E-state index contributed by atoms with van der Waals surface area (Å²) in [6.07, 6.45) is 4.08. The molecule has 3 rings (SSSR count). The second kappa shape index (κ2) is 7.44. The Hall–Kier alpha value is -2.41. The summed E-state index contributed by atoms with van der Waals surface area (Å²) >= 11 is 0. The molecule has 2 aromatic rings. The summed E-state index contributed by atoms with van der Waals surface area (Å²) < 4.78 is 0. The average Bonchev–Trinajstić information content (AvgIpc) is 2.53. The second-order valence-corrected chi connectivity index (χ2v) is 6.29. The highest BCUT2D eigenvalue weighted by molar-refractivity contribution is 5.42. The Bertz CT molecular complexity index is 669. The number of anilines is 3. The normalized spacial score (nSPS) is 19.6. The number of aliphatic hydroxyl groups is 1. The minimum absolute atomic E-state index is 0.205. The van der Waals surface area contributed by atoms with E-state index in [1.165, 1.54) is 0 Å². The third-order valence-corrected chi connectivity index (χ3v) is 4.17. The molecule has 128 valence electrons. The smallest absolute Gasteiger partial charge is 0.222 e. The number of nitrogen functional groups attached to an aromatic ring is 1. The molecule has 2 aromatic heterocycles. The van der Waals surface area contributed by atoms with Crippen LogP contribution in [0.3, 0.4) is 0 Å². The molecule has 0 aromatic carbocycles. The summed E-state index contributed by atoms with van der Waals surface area (Å²) in [6, 6.07) is 5.95. The van der Waals surface area contributed by atoms with Gasteiger partial charge in [-0.2, -0.15) is 4.98 Å². The number of pyridine rings is 1. The van der Waals surface area contributed by atoms with Gasteiger partial charge < -0.3 is 21.5 Å². The molecule has 1 saturated carbocycles. The molecule has 0 atom stereocenters.